The molecule has 1 unspecified atom stereocenters. The quantitative estimate of drug-likeness (QED) is 0.719. The normalized spacial score (nSPS) is 12.7. The Hall–Kier alpha value is -2.05. The summed E-state index contributed by atoms with van der Waals surface area (Å²) < 4.78 is 5.10. The van der Waals surface area contributed by atoms with Crippen molar-refractivity contribution in [2.45, 2.75) is 26.8 Å². The Morgan fingerprint density at radius 2 is 2.19 bits per heavy atom. The molecule has 0 saturated carbocycles. The molecule has 7 heteroatoms. The van der Waals surface area contributed by atoms with E-state index in [2.05, 4.69) is 25.7 Å². The highest BCUT2D eigenvalue weighted by molar-refractivity contribution is 5.36. The zero-order chi connectivity index (χ0) is 11.7. The van der Waals surface area contributed by atoms with Gasteiger partial charge in [0.15, 0.2) is 0 Å². The van der Waals surface area contributed by atoms with E-state index in [0.717, 1.165) is 17.0 Å². The van der Waals surface area contributed by atoms with E-state index in [-0.39, 0.29) is 12.0 Å². The summed E-state index contributed by atoms with van der Waals surface area (Å²) >= 11 is 0. The Kier molecular flexibility index (Phi) is 2.51. The third-order valence-electron chi connectivity index (χ3n) is 2.37. The lowest BCUT2D eigenvalue weighted by molar-refractivity contribution is 0.392. The molecule has 2 aromatic heterocycles. The molecule has 1 atom stereocenters. The molecule has 0 radical (unpaired) electrons. The molecule has 2 rings (SSSR count). The van der Waals surface area contributed by atoms with E-state index in [1.54, 1.807) is 0 Å². The highest BCUT2D eigenvalue weighted by Gasteiger charge is 2.17. The Bertz CT molecular complexity index is 468. The van der Waals surface area contributed by atoms with Gasteiger partial charge in [-0.2, -0.15) is 4.98 Å². The minimum absolute atomic E-state index is 0.0152. The summed E-state index contributed by atoms with van der Waals surface area (Å²) in [6, 6.07) is 0.0152. The first-order valence-electron chi connectivity index (χ1n) is 4.95. The van der Waals surface area contributed by atoms with Crippen LogP contribution in [0.4, 0.5) is 11.9 Å². The van der Waals surface area contributed by atoms with Crippen LogP contribution in [0.5, 0.6) is 0 Å². The lowest BCUT2D eigenvalue weighted by Gasteiger charge is -2.11. The smallest absolute Gasteiger partial charge is 0.244 e. The minimum atomic E-state index is 0.0152. The second-order valence-electron chi connectivity index (χ2n) is 3.65. The molecule has 0 aliphatic heterocycles. The Labute approximate surface area is 92.4 Å². The highest BCUT2D eigenvalue weighted by Crippen LogP contribution is 2.23. The molecule has 7 nitrogen and oxygen atoms in total. The Balaban J connectivity index is 2.17. The van der Waals surface area contributed by atoms with Crippen LogP contribution >= 0.6 is 0 Å². The fourth-order valence-electron chi connectivity index (χ4n) is 1.71. The lowest BCUT2D eigenvalue weighted by atomic mass is 10.1. The van der Waals surface area contributed by atoms with E-state index < -0.39 is 0 Å². The fraction of sp³-hybridized carbons (Fsp3) is 0.444. The number of hydrogen-bond donors (Lipinski definition) is 3. The van der Waals surface area contributed by atoms with Crippen LogP contribution in [0.15, 0.2) is 4.52 Å². The molecule has 0 fully saturated rings. The van der Waals surface area contributed by atoms with Gasteiger partial charge in [-0.25, -0.2) is 5.10 Å². The molecule has 0 aliphatic rings. The van der Waals surface area contributed by atoms with E-state index in [0.29, 0.717) is 5.95 Å². The molecular formula is C9H14N6O. The monoisotopic (exact) mass is 222 g/mol. The number of hydrogen-bond acceptors (Lipinski definition) is 6. The summed E-state index contributed by atoms with van der Waals surface area (Å²) in [4.78, 5) is 3.97. The van der Waals surface area contributed by atoms with E-state index in [1.165, 1.54) is 0 Å². The second kappa shape index (κ2) is 3.84. The molecule has 0 aromatic carbocycles. The van der Waals surface area contributed by atoms with Gasteiger partial charge >= 0.3 is 0 Å². The minimum Gasteiger partial charge on any atom is -0.368 e. The first-order chi connectivity index (χ1) is 7.58. The lowest BCUT2D eigenvalue weighted by Crippen LogP contribution is -2.09. The van der Waals surface area contributed by atoms with Crippen LogP contribution < -0.4 is 11.1 Å². The molecule has 86 valence electrons. The van der Waals surface area contributed by atoms with E-state index >= 15 is 0 Å². The number of aryl methyl sites for hydroxylation is 2. The summed E-state index contributed by atoms with van der Waals surface area (Å²) in [7, 11) is 0. The SMILES string of the molecule is Cc1noc(C)c1C(C)Nc1n[nH]c(N)n1. The molecule has 0 spiro atoms. The van der Waals surface area contributed by atoms with Gasteiger partial charge < -0.3 is 15.6 Å². The van der Waals surface area contributed by atoms with Crippen molar-refractivity contribution in [2.24, 2.45) is 0 Å². The van der Waals surface area contributed by atoms with Gasteiger partial charge in [0.1, 0.15) is 5.76 Å². The zero-order valence-corrected chi connectivity index (χ0v) is 9.40. The van der Waals surface area contributed by atoms with Crippen molar-refractivity contribution >= 4 is 11.9 Å². The van der Waals surface area contributed by atoms with Crippen molar-refractivity contribution in [3.63, 3.8) is 0 Å². The predicted molar refractivity (Wildman–Crippen MR) is 58.8 cm³/mol. The van der Waals surface area contributed by atoms with Gasteiger partial charge in [0, 0.05) is 5.56 Å². The van der Waals surface area contributed by atoms with E-state index in [9.17, 15) is 0 Å². The van der Waals surface area contributed by atoms with Crippen molar-refractivity contribution in [3.8, 4) is 0 Å². The maximum absolute atomic E-state index is 5.43. The summed E-state index contributed by atoms with van der Waals surface area (Å²) in [5, 5.41) is 13.5. The largest absolute Gasteiger partial charge is 0.368 e. The number of H-pyrrole nitrogens is 1. The number of anilines is 2. The second-order valence-corrected chi connectivity index (χ2v) is 3.65. The molecule has 0 bridgehead atoms. The molecule has 0 amide bonds. The molecular weight excluding hydrogens is 208 g/mol. The van der Waals surface area contributed by atoms with Gasteiger partial charge in [-0.3, -0.25) is 0 Å². The highest BCUT2D eigenvalue weighted by atomic mass is 16.5. The van der Waals surface area contributed by atoms with Crippen LogP contribution in [0.3, 0.4) is 0 Å². The zero-order valence-electron chi connectivity index (χ0n) is 9.40. The van der Waals surface area contributed by atoms with Crippen molar-refractivity contribution < 1.29 is 4.52 Å². The molecule has 4 N–H and O–H groups in total. The van der Waals surface area contributed by atoms with Crippen LogP contribution in [0.1, 0.15) is 30.0 Å². The van der Waals surface area contributed by atoms with Crippen molar-refractivity contribution in [2.75, 3.05) is 11.1 Å². The number of aromatic nitrogens is 4. The predicted octanol–water partition coefficient (Wildman–Crippen LogP) is 1.16. The summed E-state index contributed by atoms with van der Waals surface area (Å²) in [6.07, 6.45) is 0. The molecule has 2 heterocycles. The van der Waals surface area contributed by atoms with Gasteiger partial charge in [0.05, 0.1) is 11.7 Å². The number of nitrogens with two attached hydrogens (primary N) is 1. The van der Waals surface area contributed by atoms with Crippen molar-refractivity contribution in [3.05, 3.63) is 17.0 Å². The topological polar surface area (TPSA) is 106 Å². The first-order valence-corrected chi connectivity index (χ1v) is 4.95. The van der Waals surface area contributed by atoms with E-state index in [1.807, 2.05) is 20.8 Å². The van der Waals surface area contributed by atoms with Gasteiger partial charge in [-0.15, -0.1) is 5.10 Å². The maximum atomic E-state index is 5.43. The average Bonchev–Trinajstić information content (AvgIpc) is 2.74. The van der Waals surface area contributed by atoms with Crippen molar-refractivity contribution in [1.82, 2.24) is 20.3 Å². The van der Waals surface area contributed by atoms with Crippen LogP contribution in [0.2, 0.25) is 0 Å². The van der Waals surface area contributed by atoms with Gasteiger partial charge in [0.25, 0.3) is 0 Å². The molecule has 2 aromatic rings. The van der Waals surface area contributed by atoms with Crippen LogP contribution in [-0.4, -0.2) is 20.3 Å². The molecule has 0 aliphatic carbocycles. The third-order valence-corrected chi connectivity index (χ3v) is 2.37. The maximum Gasteiger partial charge on any atom is 0.244 e. The first kappa shape index (κ1) is 10.5. The fourth-order valence-corrected chi connectivity index (χ4v) is 1.71. The number of nitrogens with one attached hydrogen (secondary N) is 2. The van der Waals surface area contributed by atoms with Crippen molar-refractivity contribution in [1.29, 1.82) is 0 Å². The molecule has 16 heavy (non-hydrogen) atoms. The van der Waals surface area contributed by atoms with Crippen LogP contribution in [0.25, 0.3) is 0 Å². The van der Waals surface area contributed by atoms with E-state index in [4.69, 9.17) is 10.3 Å². The van der Waals surface area contributed by atoms with Crippen LogP contribution in [-0.2, 0) is 0 Å². The number of nitrogens with zero attached hydrogens (tertiary/aromatic N) is 3. The number of rotatable bonds is 3. The third kappa shape index (κ3) is 1.83. The number of nitrogen functional groups attached to an aromatic ring is 1. The summed E-state index contributed by atoms with van der Waals surface area (Å²) in [6.45, 7) is 5.76. The number of aromatic amines is 1. The molecule has 0 saturated heterocycles. The van der Waals surface area contributed by atoms with Crippen LogP contribution in [0, 0.1) is 13.8 Å². The average molecular weight is 222 g/mol. The van der Waals surface area contributed by atoms with Gasteiger partial charge in [-0.1, -0.05) is 5.16 Å². The Morgan fingerprint density at radius 3 is 2.69 bits per heavy atom. The summed E-state index contributed by atoms with van der Waals surface area (Å²) in [5.41, 5.74) is 7.31. The standard InChI is InChI=1S/C9H14N6O/c1-4(7-5(2)15-16-6(7)3)11-9-12-8(10)13-14-9/h4H,1-3H3,(H4,10,11,12,13,14). The summed E-state index contributed by atoms with van der Waals surface area (Å²) in [5.74, 6) is 1.54. The Morgan fingerprint density at radius 1 is 1.44 bits per heavy atom. The van der Waals surface area contributed by atoms with Gasteiger partial charge in [0.2, 0.25) is 11.9 Å². The van der Waals surface area contributed by atoms with Gasteiger partial charge in [-0.05, 0) is 20.8 Å².